The van der Waals surface area contributed by atoms with E-state index in [1.165, 1.54) is 0 Å². The molecule has 2 amide bonds. The molecule has 0 unspecified atom stereocenters. The SMILES string of the molecule is CCCCCOc1ccccc1C(=O)NNC(=O)COc1c(C)cccc1C. The highest BCUT2D eigenvalue weighted by molar-refractivity contribution is 5.97. The van der Waals surface area contributed by atoms with E-state index in [0.29, 0.717) is 23.7 Å². The van der Waals surface area contributed by atoms with Crippen LogP contribution in [0.4, 0.5) is 0 Å². The fourth-order valence-electron chi connectivity index (χ4n) is 2.71. The van der Waals surface area contributed by atoms with Crippen molar-refractivity contribution in [2.24, 2.45) is 0 Å². The Bertz CT molecular complexity index is 785. The Hall–Kier alpha value is -3.02. The summed E-state index contributed by atoms with van der Waals surface area (Å²) in [6.45, 7) is 6.31. The Balaban J connectivity index is 1.85. The largest absolute Gasteiger partial charge is 0.493 e. The summed E-state index contributed by atoms with van der Waals surface area (Å²) in [5.41, 5.74) is 7.05. The van der Waals surface area contributed by atoms with Crippen LogP contribution in [0, 0.1) is 13.8 Å². The summed E-state index contributed by atoms with van der Waals surface area (Å²) in [6, 6.07) is 12.7. The molecular formula is C22H28N2O4. The lowest BCUT2D eigenvalue weighted by atomic mass is 10.1. The first-order valence-electron chi connectivity index (χ1n) is 9.53. The maximum absolute atomic E-state index is 12.4. The highest BCUT2D eigenvalue weighted by Gasteiger charge is 2.13. The molecule has 2 aromatic rings. The number of para-hydroxylation sites is 2. The number of hydrogen-bond donors (Lipinski definition) is 2. The molecule has 6 nitrogen and oxygen atoms in total. The van der Waals surface area contributed by atoms with Crippen LogP contribution in [-0.4, -0.2) is 25.0 Å². The molecular weight excluding hydrogens is 356 g/mol. The molecule has 0 bridgehead atoms. The fraction of sp³-hybridized carbons (Fsp3) is 0.364. The van der Waals surface area contributed by atoms with Gasteiger partial charge >= 0.3 is 0 Å². The van der Waals surface area contributed by atoms with E-state index in [-0.39, 0.29) is 6.61 Å². The average Bonchev–Trinajstić information content (AvgIpc) is 2.69. The maximum Gasteiger partial charge on any atom is 0.276 e. The molecule has 0 aliphatic rings. The second-order valence-electron chi connectivity index (χ2n) is 6.56. The zero-order chi connectivity index (χ0) is 20.4. The summed E-state index contributed by atoms with van der Waals surface area (Å²) < 4.78 is 11.3. The van der Waals surface area contributed by atoms with E-state index in [4.69, 9.17) is 9.47 Å². The average molecular weight is 384 g/mol. The molecule has 0 aliphatic heterocycles. The molecule has 6 heteroatoms. The molecule has 2 aromatic carbocycles. The number of nitrogens with one attached hydrogen (secondary N) is 2. The Morgan fingerprint density at radius 2 is 1.61 bits per heavy atom. The molecule has 0 spiro atoms. The quantitative estimate of drug-likeness (QED) is 0.510. The number of hydrazine groups is 1. The van der Waals surface area contributed by atoms with Gasteiger partial charge in [-0.25, -0.2) is 0 Å². The lowest BCUT2D eigenvalue weighted by Gasteiger charge is -2.13. The van der Waals surface area contributed by atoms with E-state index in [1.807, 2.05) is 38.1 Å². The smallest absolute Gasteiger partial charge is 0.276 e. The molecule has 28 heavy (non-hydrogen) atoms. The van der Waals surface area contributed by atoms with E-state index >= 15 is 0 Å². The zero-order valence-corrected chi connectivity index (χ0v) is 16.7. The van der Waals surface area contributed by atoms with Crippen LogP contribution in [0.15, 0.2) is 42.5 Å². The molecule has 150 valence electrons. The van der Waals surface area contributed by atoms with Gasteiger partial charge in [0.1, 0.15) is 11.5 Å². The molecule has 0 radical (unpaired) electrons. The zero-order valence-electron chi connectivity index (χ0n) is 16.7. The lowest BCUT2D eigenvalue weighted by Crippen LogP contribution is -2.44. The molecule has 0 atom stereocenters. The van der Waals surface area contributed by atoms with Gasteiger partial charge in [-0.2, -0.15) is 0 Å². The standard InChI is InChI=1S/C22H28N2O4/c1-4-5-8-14-27-19-13-7-6-12-18(19)22(26)24-23-20(25)15-28-21-16(2)10-9-11-17(21)3/h6-7,9-13H,4-5,8,14-15H2,1-3H3,(H,23,25)(H,24,26). The number of carbonyl (C=O) groups is 2. The topological polar surface area (TPSA) is 76.7 Å². The second kappa shape index (κ2) is 11.0. The number of unbranched alkanes of at least 4 members (excludes halogenated alkanes) is 2. The van der Waals surface area contributed by atoms with Crippen molar-refractivity contribution in [2.75, 3.05) is 13.2 Å². The first kappa shape index (κ1) is 21.3. The second-order valence-corrected chi connectivity index (χ2v) is 6.56. The van der Waals surface area contributed by atoms with Crippen LogP contribution in [-0.2, 0) is 4.79 Å². The van der Waals surface area contributed by atoms with E-state index in [9.17, 15) is 9.59 Å². The minimum Gasteiger partial charge on any atom is -0.493 e. The monoisotopic (exact) mass is 384 g/mol. The van der Waals surface area contributed by atoms with Crippen molar-refractivity contribution >= 4 is 11.8 Å². The van der Waals surface area contributed by atoms with E-state index in [1.54, 1.807) is 18.2 Å². The van der Waals surface area contributed by atoms with Crippen LogP contribution in [0.5, 0.6) is 11.5 Å². The van der Waals surface area contributed by atoms with Crippen LogP contribution >= 0.6 is 0 Å². The summed E-state index contributed by atoms with van der Waals surface area (Å²) in [7, 11) is 0. The number of ether oxygens (including phenoxy) is 2. The summed E-state index contributed by atoms with van der Waals surface area (Å²) in [4.78, 5) is 24.4. The van der Waals surface area contributed by atoms with Gasteiger partial charge in [-0.3, -0.25) is 20.4 Å². The summed E-state index contributed by atoms with van der Waals surface area (Å²) in [5.74, 6) is 0.288. The third-order valence-corrected chi connectivity index (χ3v) is 4.21. The Morgan fingerprint density at radius 3 is 2.32 bits per heavy atom. The molecule has 2 N–H and O–H groups in total. The number of carbonyl (C=O) groups excluding carboxylic acids is 2. The highest BCUT2D eigenvalue weighted by Crippen LogP contribution is 2.22. The van der Waals surface area contributed by atoms with Crippen LogP contribution in [0.3, 0.4) is 0 Å². The third kappa shape index (κ3) is 6.30. The molecule has 0 aromatic heterocycles. The van der Waals surface area contributed by atoms with E-state index in [0.717, 1.165) is 30.4 Å². The number of hydrogen-bond acceptors (Lipinski definition) is 4. The molecule has 0 heterocycles. The van der Waals surface area contributed by atoms with Crippen molar-refractivity contribution in [3.8, 4) is 11.5 Å². The van der Waals surface area contributed by atoms with Gasteiger partial charge in [0.05, 0.1) is 12.2 Å². The van der Waals surface area contributed by atoms with Gasteiger partial charge < -0.3 is 9.47 Å². The van der Waals surface area contributed by atoms with Crippen molar-refractivity contribution in [1.29, 1.82) is 0 Å². The molecule has 0 saturated heterocycles. The molecule has 0 aliphatic carbocycles. The van der Waals surface area contributed by atoms with Gasteiger partial charge in [0.2, 0.25) is 0 Å². The molecule has 0 fully saturated rings. The Morgan fingerprint density at radius 1 is 0.893 bits per heavy atom. The summed E-state index contributed by atoms with van der Waals surface area (Å²) in [5, 5.41) is 0. The summed E-state index contributed by atoms with van der Waals surface area (Å²) in [6.07, 6.45) is 3.10. The Kier molecular flexibility index (Phi) is 8.34. The number of benzene rings is 2. The Labute approximate surface area is 166 Å². The van der Waals surface area contributed by atoms with Gasteiger partial charge in [-0.15, -0.1) is 0 Å². The van der Waals surface area contributed by atoms with Crippen LogP contribution in [0.2, 0.25) is 0 Å². The summed E-state index contributed by atoms with van der Waals surface area (Å²) >= 11 is 0. The van der Waals surface area contributed by atoms with Crippen LogP contribution in [0.25, 0.3) is 0 Å². The molecule has 2 rings (SSSR count). The van der Waals surface area contributed by atoms with Crippen LogP contribution < -0.4 is 20.3 Å². The van der Waals surface area contributed by atoms with Crippen molar-refractivity contribution in [3.05, 3.63) is 59.2 Å². The van der Waals surface area contributed by atoms with Crippen molar-refractivity contribution < 1.29 is 19.1 Å². The molecule has 0 saturated carbocycles. The van der Waals surface area contributed by atoms with Crippen LogP contribution in [0.1, 0.15) is 47.7 Å². The van der Waals surface area contributed by atoms with Crippen molar-refractivity contribution in [1.82, 2.24) is 10.9 Å². The maximum atomic E-state index is 12.4. The van der Waals surface area contributed by atoms with E-state index < -0.39 is 11.8 Å². The first-order chi connectivity index (χ1) is 13.5. The van der Waals surface area contributed by atoms with Gasteiger partial charge in [-0.05, 0) is 43.5 Å². The number of amides is 2. The fourth-order valence-corrected chi connectivity index (χ4v) is 2.71. The van der Waals surface area contributed by atoms with E-state index in [2.05, 4.69) is 17.8 Å². The minimum absolute atomic E-state index is 0.193. The number of rotatable bonds is 9. The normalized spacial score (nSPS) is 10.2. The minimum atomic E-state index is -0.447. The van der Waals surface area contributed by atoms with Gasteiger partial charge in [0.25, 0.3) is 11.8 Å². The predicted molar refractivity (Wildman–Crippen MR) is 108 cm³/mol. The van der Waals surface area contributed by atoms with Gasteiger partial charge in [0.15, 0.2) is 6.61 Å². The highest BCUT2D eigenvalue weighted by atomic mass is 16.5. The van der Waals surface area contributed by atoms with Crippen molar-refractivity contribution in [2.45, 2.75) is 40.0 Å². The van der Waals surface area contributed by atoms with Gasteiger partial charge in [0, 0.05) is 0 Å². The predicted octanol–water partition coefficient (Wildman–Crippen LogP) is 3.71. The first-order valence-corrected chi connectivity index (χ1v) is 9.53. The lowest BCUT2D eigenvalue weighted by molar-refractivity contribution is -0.123. The van der Waals surface area contributed by atoms with Crippen molar-refractivity contribution in [3.63, 3.8) is 0 Å². The third-order valence-electron chi connectivity index (χ3n) is 4.21. The number of aryl methyl sites for hydroxylation is 2. The van der Waals surface area contributed by atoms with Gasteiger partial charge in [-0.1, -0.05) is 50.1 Å².